The third kappa shape index (κ3) is 1.56. The molecule has 0 aliphatic carbocycles. The van der Waals surface area contributed by atoms with E-state index in [0.29, 0.717) is 0 Å². The summed E-state index contributed by atoms with van der Waals surface area (Å²) in [5, 5.41) is 4.06. The fourth-order valence-electron chi connectivity index (χ4n) is 1.25. The van der Waals surface area contributed by atoms with Crippen molar-refractivity contribution >= 4 is 21.7 Å². The first-order chi connectivity index (χ1) is 6.07. The molecule has 0 bridgehead atoms. The summed E-state index contributed by atoms with van der Waals surface area (Å²) in [5.41, 5.74) is 2.52. The number of nitrogens with zero attached hydrogens (tertiary/aromatic N) is 2. The maximum Gasteiger partial charge on any atom is 0.106 e. The van der Waals surface area contributed by atoms with Gasteiger partial charge in [-0.1, -0.05) is 31.3 Å². The van der Waals surface area contributed by atoms with Crippen LogP contribution in [0, 0.1) is 0 Å². The van der Waals surface area contributed by atoms with Crippen LogP contribution in [-0.4, -0.2) is 9.59 Å². The Morgan fingerprint density at radius 2 is 2.00 bits per heavy atom. The summed E-state index contributed by atoms with van der Waals surface area (Å²) in [6, 6.07) is 6.38. The molecule has 1 aromatic carbocycles. The number of aromatic nitrogens is 2. The second-order valence-electron chi connectivity index (χ2n) is 4.21. The van der Waals surface area contributed by atoms with Crippen molar-refractivity contribution in [3.63, 3.8) is 0 Å². The highest BCUT2D eigenvalue weighted by atomic mass is 32.1. The molecule has 3 heteroatoms. The predicted octanol–water partition coefficient (Wildman–Crippen LogP) is 2.99. The molecule has 0 amide bonds. The van der Waals surface area contributed by atoms with E-state index in [1.165, 1.54) is 17.1 Å². The Labute approximate surface area is 81.8 Å². The number of fused-ring (bicyclic) bond motifs is 1. The molecule has 68 valence electrons. The minimum absolute atomic E-state index is 0.192. The summed E-state index contributed by atoms with van der Waals surface area (Å²) in [7, 11) is 0. The standard InChI is InChI=1S/C10H12N2S/c1-10(2,3)7-4-5-9-8(6-7)11-12-13-9/h4-6H,1-3H3. The van der Waals surface area contributed by atoms with Gasteiger partial charge in [-0.3, -0.25) is 0 Å². The Bertz CT molecular complexity index is 426. The molecule has 0 atom stereocenters. The third-order valence-electron chi connectivity index (χ3n) is 2.11. The Morgan fingerprint density at radius 1 is 1.23 bits per heavy atom. The summed E-state index contributed by atoms with van der Waals surface area (Å²) in [4.78, 5) is 0. The van der Waals surface area contributed by atoms with Crippen LogP contribution in [0.1, 0.15) is 26.3 Å². The molecule has 1 aromatic heterocycles. The van der Waals surface area contributed by atoms with Crippen LogP contribution in [0.5, 0.6) is 0 Å². The highest BCUT2D eigenvalue weighted by molar-refractivity contribution is 7.12. The maximum absolute atomic E-state index is 4.06. The molecule has 0 spiro atoms. The second kappa shape index (κ2) is 2.77. The number of hydrogen-bond acceptors (Lipinski definition) is 3. The Kier molecular flexibility index (Phi) is 1.84. The van der Waals surface area contributed by atoms with Gasteiger partial charge in [0.2, 0.25) is 0 Å². The van der Waals surface area contributed by atoms with Gasteiger partial charge in [-0.05, 0) is 34.6 Å². The van der Waals surface area contributed by atoms with Gasteiger partial charge >= 0.3 is 0 Å². The van der Waals surface area contributed by atoms with E-state index in [2.05, 4.69) is 48.6 Å². The molecule has 0 fully saturated rings. The van der Waals surface area contributed by atoms with Gasteiger partial charge in [0, 0.05) is 0 Å². The monoisotopic (exact) mass is 192 g/mol. The van der Waals surface area contributed by atoms with Crippen LogP contribution in [0.4, 0.5) is 0 Å². The number of rotatable bonds is 0. The van der Waals surface area contributed by atoms with E-state index >= 15 is 0 Å². The molecule has 2 nitrogen and oxygen atoms in total. The van der Waals surface area contributed by atoms with Crippen molar-refractivity contribution in [3.05, 3.63) is 23.8 Å². The lowest BCUT2D eigenvalue weighted by Crippen LogP contribution is -2.10. The molecule has 0 aliphatic rings. The molecule has 2 rings (SSSR count). The van der Waals surface area contributed by atoms with E-state index in [9.17, 15) is 0 Å². The Morgan fingerprint density at radius 3 is 2.69 bits per heavy atom. The van der Waals surface area contributed by atoms with Gasteiger partial charge in [-0.2, -0.15) is 0 Å². The van der Waals surface area contributed by atoms with Crippen molar-refractivity contribution in [2.75, 3.05) is 0 Å². The van der Waals surface area contributed by atoms with E-state index in [-0.39, 0.29) is 5.41 Å². The van der Waals surface area contributed by atoms with Crippen molar-refractivity contribution in [1.29, 1.82) is 0 Å². The molecular weight excluding hydrogens is 180 g/mol. The number of hydrogen-bond donors (Lipinski definition) is 0. The van der Waals surface area contributed by atoms with Crippen molar-refractivity contribution in [1.82, 2.24) is 9.59 Å². The van der Waals surface area contributed by atoms with Gasteiger partial charge in [-0.15, -0.1) is 5.10 Å². The zero-order chi connectivity index (χ0) is 9.47. The van der Waals surface area contributed by atoms with Gasteiger partial charge in [0.25, 0.3) is 0 Å². The minimum Gasteiger partial charge on any atom is -0.138 e. The molecule has 1 heterocycles. The highest BCUT2D eigenvalue weighted by Gasteiger charge is 2.14. The SMILES string of the molecule is CC(C)(C)c1ccc2snnc2c1. The normalized spacial score (nSPS) is 12.2. The molecule has 0 aliphatic heterocycles. The molecular formula is C10H12N2S. The van der Waals surface area contributed by atoms with Crippen LogP contribution in [0.15, 0.2) is 18.2 Å². The van der Waals surface area contributed by atoms with Crippen LogP contribution < -0.4 is 0 Å². The van der Waals surface area contributed by atoms with Crippen LogP contribution in [0.2, 0.25) is 0 Å². The molecule has 0 saturated heterocycles. The average molecular weight is 192 g/mol. The number of benzene rings is 1. The fraction of sp³-hybridized carbons (Fsp3) is 0.400. The average Bonchev–Trinajstić information content (AvgIpc) is 2.47. The molecule has 0 N–H and O–H groups in total. The van der Waals surface area contributed by atoms with Gasteiger partial charge in [0.1, 0.15) is 5.52 Å². The topological polar surface area (TPSA) is 25.8 Å². The van der Waals surface area contributed by atoms with Crippen LogP contribution in [0.25, 0.3) is 10.2 Å². The first kappa shape index (κ1) is 8.63. The van der Waals surface area contributed by atoms with E-state index in [4.69, 9.17) is 0 Å². The highest BCUT2D eigenvalue weighted by Crippen LogP contribution is 2.26. The second-order valence-corrected chi connectivity index (χ2v) is 4.99. The first-order valence-electron chi connectivity index (χ1n) is 4.30. The maximum atomic E-state index is 4.06. The lowest BCUT2D eigenvalue weighted by molar-refractivity contribution is 0.591. The van der Waals surface area contributed by atoms with Crippen molar-refractivity contribution in [3.8, 4) is 0 Å². The van der Waals surface area contributed by atoms with Crippen molar-refractivity contribution in [2.45, 2.75) is 26.2 Å². The third-order valence-corrected chi connectivity index (χ3v) is 2.82. The summed E-state index contributed by atoms with van der Waals surface area (Å²) in [5.74, 6) is 0. The fourth-order valence-corrected chi connectivity index (χ4v) is 1.79. The lowest BCUT2D eigenvalue weighted by Gasteiger charge is -2.18. The molecule has 0 unspecified atom stereocenters. The smallest absolute Gasteiger partial charge is 0.106 e. The molecule has 13 heavy (non-hydrogen) atoms. The molecule has 2 aromatic rings. The van der Waals surface area contributed by atoms with Gasteiger partial charge in [0.15, 0.2) is 0 Å². The molecule has 0 saturated carbocycles. The summed E-state index contributed by atoms with van der Waals surface area (Å²) in [6.07, 6.45) is 0. The summed E-state index contributed by atoms with van der Waals surface area (Å²) < 4.78 is 5.08. The zero-order valence-corrected chi connectivity index (χ0v) is 8.85. The van der Waals surface area contributed by atoms with Crippen LogP contribution in [0.3, 0.4) is 0 Å². The summed E-state index contributed by atoms with van der Waals surface area (Å²) in [6.45, 7) is 6.61. The minimum atomic E-state index is 0.192. The first-order valence-corrected chi connectivity index (χ1v) is 5.07. The molecule has 0 radical (unpaired) electrons. The quantitative estimate of drug-likeness (QED) is 0.641. The van der Waals surface area contributed by atoms with E-state index in [1.54, 1.807) is 0 Å². The van der Waals surface area contributed by atoms with Crippen molar-refractivity contribution in [2.24, 2.45) is 0 Å². The zero-order valence-electron chi connectivity index (χ0n) is 8.03. The van der Waals surface area contributed by atoms with Gasteiger partial charge in [0.05, 0.1) is 4.70 Å². The Balaban J connectivity index is 2.61. The van der Waals surface area contributed by atoms with Crippen LogP contribution >= 0.6 is 11.5 Å². The van der Waals surface area contributed by atoms with Crippen LogP contribution in [-0.2, 0) is 5.41 Å². The largest absolute Gasteiger partial charge is 0.138 e. The van der Waals surface area contributed by atoms with E-state index in [0.717, 1.165) is 10.2 Å². The van der Waals surface area contributed by atoms with E-state index in [1.807, 2.05) is 0 Å². The van der Waals surface area contributed by atoms with Gasteiger partial charge < -0.3 is 0 Å². The lowest BCUT2D eigenvalue weighted by atomic mass is 9.87. The van der Waals surface area contributed by atoms with E-state index < -0.39 is 0 Å². The summed E-state index contributed by atoms with van der Waals surface area (Å²) >= 11 is 1.45. The predicted molar refractivity (Wildman–Crippen MR) is 56.1 cm³/mol. The van der Waals surface area contributed by atoms with Gasteiger partial charge in [-0.25, -0.2) is 0 Å². The Hall–Kier alpha value is -0.960. The van der Waals surface area contributed by atoms with Crippen molar-refractivity contribution < 1.29 is 0 Å².